The van der Waals surface area contributed by atoms with E-state index in [0.29, 0.717) is 13.2 Å². The second-order valence-corrected chi connectivity index (χ2v) is 8.36. The standard InChI is InChI=1S/C24H41N5O2.HI/c1-3-22-9-6-7-12-29(22)13-11-26-24(25-2)27-20-21-8-4-5-10-23(21)31-19-16-28-14-17-30-18-15-28;/h4-5,8,10,22H,3,6-7,9,11-20H2,1-2H3,(H2,25,26,27);1H. The number of para-hydroxylation sites is 1. The van der Waals surface area contributed by atoms with Crippen molar-refractivity contribution < 1.29 is 9.47 Å². The molecular formula is C24H42IN5O2. The van der Waals surface area contributed by atoms with Crippen molar-refractivity contribution in [3.05, 3.63) is 29.8 Å². The number of piperidine rings is 1. The molecule has 2 heterocycles. The Bertz CT molecular complexity index is 670. The van der Waals surface area contributed by atoms with Crippen LogP contribution in [0.15, 0.2) is 29.3 Å². The number of rotatable bonds is 10. The summed E-state index contributed by atoms with van der Waals surface area (Å²) in [4.78, 5) is 9.41. The predicted molar refractivity (Wildman–Crippen MR) is 142 cm³/mol. The highest BCUT2D eigenvalue weighted by atomic mass is 127. The van der Waals surface area contributed by atoms with Crippen LogP contribution in [0.1, 0.15) is 38.2 Å². The minimum absolute atomic E-state index is 0. The second-order valence-electron chi connectivity index (χ2n) is 8.36. The monoisotopic (exact) mass is 559 g/mol. The van der Waals surface area contributed by atoms with E-state index in [9.17, 15) is 0 Å². The van der Waals surface area contributed by atoms with Gasteiger partial charge in [-0.25, -0.2) is 0 Å². The molecule has 1 atom stereocenters. The van der Waals surface area contributed by atoms with Crippen molar-refractivity contribution >= 4 is 29.9 Å². The van der Waals surface area contributed by atoms with Crippen LogP contribution >= 0.6 is 24.0 Å². The molecule has 2 N–H and O–H groups in total. The van der Waals surface area contributed by atoms with Crippen molar-refractivity contribution in [2.75, 3.05) is 66.1 Å². The number of likely N-dealkylation sites (tertiary alicyclic amines) is 1. The first-order valence-electron chi connectivity index (χ1n) is 12.0. The van der Waals surface area contributed by atoms with E-state index in [1.54, 1.807) is 0 Å². The Morgan fingerprint density at radius 2 is 1.94 bits per heavy atom. The maximum absolute atomic E-state index is 6.10. The molecule has 0 bridgehead atoms. The lowest BCUT2D eigenvalue weighted by Gasteiger charge is -2.35. The topological polar surface area (TPSA) is 61.4 Å². The molecular weight excluding hydrogens is 517 g/mol. The molecule has 8 heteroatoms. The highest BCUT2D eigenvalue weighted by Gasteiger charge is 2.20. The number of guanidine groups is 1. The highest BCUT2D eigenvalue weighted by Crippen LogP contribution is 2.19. The molecule has 7 nitrogen and oxygen atoms in total. The lowest BCUT2D eigenvalue weighted by Crippen LogP contribution is -2.45. The molecule has 2 aliphatic rings. The van der Waals surface area contributed by atoms with Gasteiger partial charge in [-0.05, 0) is 31.9 Å². The van der Waals surface area contributed by atoms with Gasteiger partial charge in [-0.1, -0.05) is 31.5 Å². The van der Waals surface area contributed by atoms with Crippen LogP contribution in [0, 0.1) is 0 Å². The van der Waals surface area contributed by atoms with E-state index < -0.39 is 0 Å². The fourth-order valence-electron chi connectivity index (χ4n) is 4.43. The summed E-state index contributed by atoms with van der Waals surface area (Å²) in [7, 11) is 1.83. The molecule has 0 aliphatic carbocycles. The molecule has 2 fully saturated rings. The zero-order valence-corrected chi connectivity index (χ0v) is 22.2. The number of aliphatic imine (C=N–C) groups is 1. The summed E-state index contributed by atoms with van der Waals surface area (Å²) in [5, 5.41) is 6.92. The average Bonchev–Trinajstić information content (AvgIpc) is 2.83. The number of halogens is 1. The number of hydrogen-bond acceptors (Lipinski definition) is 5. The molecule has 0 radical (unpaired) electrons. The molecule has 3 rings (SSSR count). The summed E-state index contributed by atoms with van der Waals surface area (Å²) < 4.78 is 11.5. The Balaban J connectivity index is 0.00000363. The van der Waals surface area contributed by atoms with Gasteiger partial charge in [-0.15, -0.1) is 24.0 Å². The molecule has 0 amide bonds. The normalized spacial score (nSPS) is 20.4. The highest BCUT2D eigenvalue weighted by molar-refractivity contribution is 14.0. The summed E-state index contributed by atoms with van der Waals surface area (Å²) in [5.41, 5.74) is 1.15. The third-order valence-corrected chi connectivity index (χ3v) is 6.32. The Morgan fingerprint density at radius 1 is 1.12 bits per heavy atom. The van der Waals surface area contributed by atoms with Crippen LogP contribution in [-0.2, 0) is 11.3 Å². The summed E-state index contributed by atoms with van der Waals surface area (Å²) in [6.07, 6.45) is 5.28. The zero-order chi connectivity index (χ0) is 21.7. The van der Waals surface area contributed by atoms with Crippen LogP contribution in [0.25, 0.3) is 0 Å². The first-order valence-corrected chi connectivity index (χ1v) is 12.0. The summed E-state index contributed by atoms with van der Waals surface area (Å²) in [6.45, 7) is 11.5. The number of morpholine rings is 1. The summed E-state index contributed by atoms with van der Waals surface area (Å²) in [6, 6.07) is 9.00. The SMILES string of the molecule is CCC1CCCCN1CCNC(=NC)NCc1ccccc1OCCN1CCOCC1.I. The Morgan fingerprint density at radius 3 is 2.72 bits per heavy atom. The first kappa shape index (κ1) is 27.1. The number of nitrogens with one attached hydrogen (secondary N) is 2. The van der Waals surface area contributed by atoms with E-state index >= 15 is 0 Å². The lowest BCUT2D eigenvalue weighted by atomic mass is 10.0. The van der Waals surface area contributed by atoms with E-state index in [-0.39, 0.29) is 24.0 Å². The number of nitrogens with zero attached hydrogens (tertiary/aromatic N) is 3. The maximum Gasteiger partial charge on any atom is 0.191 e. The van der Waals surface area contributed by atoms with E-state index in [2.05, 4.69) is 44.5 Å². The first-order chi connectivity index (χ1) is 15.3. The van der Waals surface area contributed by atoms with Crippen molar-refractivity contribution in [2.24, 2.45) is 4.99 Å². The van der Waals surface area contributed by atoms with Gasteiger partial charge in [0.15, 0.2) is 5.96 Å². The molecule has 2 aliphatic heterocycles. The molecule has 1 aromatic carbocycles. The van der Waals surface area contributed by atoms with E-state index in [4.69, 9.17) is 9.47 Å². The van der Waals surface area contributed by atoms with Crippen LogP contribution in [0.3, 0.4) is 0 Å². The average molecular weight is 560 g/mol. The van der Waals surface area contributed by atoms with Gasteiger partial charge in [0.1, 0.15) is 12.4 Å². The van der Waals surface area contributed by atoms with Crippen molar-refractivity contribution in [2.45, 2.75) is 45.2 Å². The van der Waals surface area contributed by atoms with Gasteiger partial charge in [-0.2, -0.15) is 0 Å². The van der Waals surface area contributed by atoms with Crippen molar-refractivity contribution in [1.29, 1.82) is 0 Å². The van der Waals surface area contributed by atoms with E-state index in [1.807, 2.05) is 19.2 Å². The fraction of sp³-hybridized carbons (Fsp3) is 0.708. The Labute approximate surface area is 211 Å². The van der Waals surface area contributed by atoms with Gasteiger partial charge in [0.25, 0.3) is 0 Å². The van der Waals surface area contributed by atoms with E-state index in [0.717, 1.165) is 69.3 Å². The minimum atomic E-state index is 0. The van der Waals surface area contributed by atoms with Gasteiger partial charge in [-0.3, -0.25) is 14.8 Å². The van der Waals surface area contributed by atoms with Crippen LogP contribution in [-0.4, -0.2) is 87.9 Å². The van der Waals surface area contributed by atoms with Crippen molar-refractivity contribution in [3.63, 3.8) is 0 Å². The molecule has 0 saturated carbocycles. The molecule has 32 heavy (non-hydrogen) atoms. The number of ether oxygens (including phenoxy) is 2. The number of hydrogen-bond donors (Lipinski definition) is 2. The van der Waals surface area contributed by atoms with Crippen LogP contribution < -0.4 is 15.4 Å². The van der Waals surface area contributed by atoms with Crippen LogP contribution in [0.5, 0.6) is 5.75 Å². The minimum Gasteiger partial charge on any atom is -0.492 e. The molecule has 2 saturated heterocycles. The molecule has 1 aromatic rings. The second kappa shape index (κ2) is 15.7. The third-order valence-electron chi connectivity index (χ3n) is 6.32. The zero-order valence-electron chi connectivity index (χ0n) is 19.9. The quantitative estimate of drug-likeness (QED) is 0.261. The molecule has 0 aromatic heterocycles. The Kier molecular flexibility index (Phi) is 13.3. The van der Waals surface area contributed by atoms with Gasteiger partial charge in [0, 0.05) is 57.9 Å². The molecule has 182 valence electrons. The van der Waals surface area contributed by atoms with E-state index in [1.165, 1.54) is 32.2 Å². The summed E-state index contributed by atoms with van der Waals surface area (Å²) >= 11 is 0. The van der Waals surface area contributed by atoms with Crippen molar-refractivity contribution in [1.82, 2.24) is 20.4 Å². The smallest absolute Gasteiger partial charge is 0.191 e. The van der Waals surface area contributed by atoms with Gasteiger partial charge >= 0.3 is 0 Å². The largest absolute Gasteiger partial charge is 0.492 e. The number of benzene rings is 1. The Hall–Kier alpha value is -1.10. The van der Waals surface area contributed by atoms with Gasteiger partial charge in [0.2, 0.25) is 0 Å². The third kappa shape index (κ3) is 9.03. The summed E-state index contributed by atoms with van der Waals surface area (Å²) in [5.74, 6) is 1.78. The maximum atomic E-state index is 6.10. The van der Waals surface area contributed by atoms with Crippen molar-refractivity contribution in [3.8, 4) is 5.75 Å². The van der Waals surface area contributed by atoms with Crippen LogP contribution in [0.2, 0.25) is 0 Å². The fourth-order valence-corrected chi connectivity index (χ4v) is 4.43. The molecule has 0 spiro atoms. The predicted octanol–water partition coefficient (Wildman–Crippen LogP) is 2.95. The van der Waals surface area contributed by atoms with Crippen LogP contribution in [0.4, 0.5) is 0 Å². The molecule has 1 unspecified atom stereocenters. The lowest BCUT2D eigenvalue weighted by molar-refractivity contribution is 0.0322. The van der Waals surface area contributed by atoms with Gasteiger partial charge < -0.3 is 20.1 Å². The van der Waals surface area contributed by atoms with Gasteiger partial charge in [0.05, 0.1) is 13.2 Å².